The maximum Gasteiger partial charge on any atom is 0.230 e. The SMILES string of the molecule is Cc1cc(Nc2ccccc2Oc2ccccc2)nc(Nc2cc(C)on2)n1. The van der Waals surface area contributed by atoms with Gasteiger partial charge in [0.05, 0.1) is 5.69 Å². The van der Waals surface area contributed by atoms with Crippen LogP contribution in [-0.4, -0.2) is 15.1 Å². The van der Waals surface area contributed by atoms with E-state index in [9.17, 15) is 0 Å². The number of para-hydroxylation sites is 3. The Balaban J connectivity index is 1.57. The molecule has 140 valence electrons. The largest absolute Gasteiger partial charge is 0.455 e. The van der Waals surface area contributed by atoms with Gasteiger partial charge in [-0.1, -0.05) is 35.5 Å². The van der Waals surface area contributed by atoms with E-state index in [1.165, 1.54) is 0 Å². The van der Waals surface area contributed by atoms with Crippen molar-refractivity contribution in [2.24, 2.45) is 0 Å². The van der Waals surface area contributed by atoms with Crippen molar-refractivity contribution in [1.82, 2.24) is 15.1 Å². The minimum Gasteiger partial charge on any atom is -0.455 e. The van der Waals surface area contributed by atoms with Gasteiger partial charge in [0.15, 0.2) is 11.6 Å². The first-order chi connectivity index (χ1) is 13.7. The molecule has 0 radical (unpaired) electrons. The molecule has 0 unspecified atom stereocenters. The first kappa shape index (κ1) is 17.5. The summed E-state index contributed by atoms with van der Waals surface area (Å²) in [7, 11) is 0. The quantitative estimate of drug-likeness (QED) is 0.470. The summed E-state index contributed by atoms with van der Waals surface area (Å²) in [4.78, 5) is 8.91. The molecule has 7 nitrogen and oxygen atoms in total. The summed E-state index contributed by atoms with van der Waals surface area (Å²) in [6.45, 7) is 3.73. The van der Waals surface area contributed by atoms with Crippen LogP contribution >= 0.6 is 0 Å². The molecule has 0 fully saturated rings. The first-order valence-corrected chi connectivity index (χ1v) is 8.81. The second kappa shape index (κ2) is 7.79. The van der Waals surface area contributed by atoms with Crippen LogP contribution in [0.3, 0.4) is 0 Å². The van der Waals surface area contributed by atoms with Crippen LogP contribution in [0, 0.1) is 13.8 Å². The number of aryl methyl sites for hydroxylation is 2. The van der Waals surface area contributed by atoms with Crippen molar-refractivity contribution >= 4 is 23.3 Å². The third kappa shape index (κ3) is 4.27. The number of benzene rings is 2. The summed E-state index contributed by atoms with van der Waals surface area (Å²) in [6.07, 6.45) is 0. The molecule has 7 heteroatoms. The summed E-state index contributed by atoms with van der Waals surface area (Å²) in [6, 6.07) is 21.0. The van der Waals surface area contributed by atoms with E-state index in [0.29, 0.717) is 29.1 Å². The zero-order valence-electron chi connectivity index (χ0n) is 15.5. The molecule has 4 rings (SSSR count). The molecule has 2 heterocycles. The van der Waals surface area contributed by atoms with Crippen molar-refractivity contribution in [3.63, 3.8) is 0 Å². The van der Waals surface area contributed by atoms with Crippen LogP contribution in [0.2, 0.25) is 0 Å². The first-order valence-electron chi connectivity index (χ1n) is 8.81. The molecule has 0 atom stereocenters. The third-order valence-corrected chi connectivity index (χ3v) is 3.84. The summed E-state index contributed by atoms with van der Waals surface area (Å²) in [5.74, 6) is 3.80. The highest BCUT2D eigenvalue weighted by Gasteiger charge is 2.09. The summed E-state index contributed by atoms with van der Waals surface area (Å²) in [5.41, 5.74) is 1.61. The van der Waals surface area contributed by atoms with Gasteiger partial charge >= 0.3 is 0 Å². The molecule has 0 saturated carbocycles. The Labute approximate surface area is 162 Å². The third-order valence-electron chi connectivity index (χ3n) is 3.84. The standard InChI is InChI=1S/C21H19N5O2/c1-14-12-19(24-21(22-14)25-20-13-15(2)28-26-20)23-17-10-6-7-11-18(17)27-16-8-4-3-5-9-16/h3-13H,1-2H3,(H2,22,23,24,25,26). The molecular formula is C21H19N5O2. The monoisotopic (exact) mass is 373 g/mol. The topological polar surface area (TPSA) is 85.1 Å². The van der Waals surface area contributed by atoms with Gasteiger partial charge in [-0.3, -0.25) is 0 Å². The van der Waals surface area contributed by atoms with E-state index in [4.69, 9.17) is 9.26 Å². The average molecular weight is 373 g/mol. The number of nitrogens with zero attached hydrogens (tertiary/aromatic N) is 3. The lowest BCUT2D eigenvalue weighted by Gasteiger charge is -2.13. The molecule has 0 amide bonds. The molecule has 28 heavy (non-hydrogen) atoms. The highest BCUT2D eigenvalue weighted by molar-refractivity contribution is 5.66. The molecule has 4 aromatic rings. The second-order valence-electron chi connectivity index (χ2n) is 6.20. The molecule has 2 aromatic heterocycles. The fourth-order valence-corrected chi connectivity index (χ4v) is 2.64. The maximum absolute atomic E-state index is 6.00. The van der Waals surface area contributed by atoms with Gasteiger partial charge < -0.3 is 19.9 Å². The van der Waals surface area contributed by atoms with Gasteiger partial charge in [-0.15, -0.1) is 0 Å². The van der Waals surface area contributed by atoms with E-state index in [2.05, 4.69) is 25.8 Å². The summed E-state index contributed by atoms with van der Waals surface area (Å²) < 4.78 is 11.1. The van der Waals surface area contributed by atoms with Crippen molar-refractivity contribution in [3.05, 3.63) is 78.2 Å². The number of ether oxygens (including phenoxy) is 1. The molecule has 0 spiro atoms. The van der Waals surface area contributed by atoms with Crippen molar-refractivity contribution in [2.75, 3.05) is 10.6 Å². The normalized spacial score (nSPS) is 10.5. The highest BCUT2D eigenvalue weighted by atomic mass is 16.5. The lowest BCUT2D eigenvalue weighted by atomic mass is 10.2. The molecule has 2 aromatic carbocycles. The maximum atomic E-state index is 6.00. The van der Waals surface area contributed by atoms with Crippen LogP contribution in [0.5, 0.6) is 11.5 Å². The number of rotatable bonds is 6. The van der Waals surface area contributed by atoms with Gasteiger partial charge in [0, 0.05) is 17.8 Å². The predicted octanol–water partition coefficient (Wildman–Crippen LogP) is 5.36. The number of hydrogen-bond donors (Lipinski definition) is 2. The van der Waals surface area contributed by atoms with Gasteiger partial charge in [0.1, 0.15) is 17.3 Å². The van der Waals surface area contributed by atoms with Crippen molar-refractivity contribution in [3.8, 4) is 11.5 Å². The average Bonchev–Trinajstić information content (AvgIpc) is 3.08. The predicted molar refractivity (Wildman–Crippen MR) is 108 cm³/mol. The van der Waals surface area contributed by atoms with Gasteiger partial charge in [0.25, 0.3) is 0 Å². The second-order valence-corrected chi connectivity index (χ2v) is 6.20. The van der Waals surface area contributed by atoms with Crippen molar-refractivity contribution in [1.29, 1.82) is 0 Å². The lowest BCUT2D eigenvalue weighted by Crippen LogP contribution is -2.03. The Bertz CT molecular complexity index is 1080. The fraction of sp³-hybridized carbons (Fsp3) is 0.0952. The Morgan fingerprint density at radius 1 is 0.821 bits per heavy atom. The number of aromatic nitrogens is 3. The van der Waals surface area contributed by atoms with Crippen molar-refractivity contribution < 1.29 is 9.26 Å². The van der Waals surface area contributed by atoms with E-state index < -0.39 is 0 Å². The van der Waals surface area contributed by atoms with Crippen LogP contribution in [0.1, 0.15) is 11.5 Å². The van der Waals surface area contributed by atoms with Crippen LogP contribution in [0.25, 0.3) is 0 Å². The van der Waals surface area contributed by atoms with E-state index in [1.807, 2.05) is 74.5 Å². The smallest absolute Gasteiger partial charge is 0.230 e. The van der Waals surface area contributed by atoms with Gasteiger partial charge in [-0.25, -0.2) is 4.98 Å². The molecule has 0 aliphatic rings. The van der Waals surface area contributed by atoms with Crippen LogP contribution in [-0.2, 0) is 0 Å². The lowest BCUT2D eigenvalue weighted by molar-refractivity contribution is 0.400. The molecule has 2 N–H and O–H groups in total. The Morgan fingerprint density at radius 2 is 1.61 bits per heavy atom. The van der Waals surface area contributed by atoms with Crippen LogP contribution < -0.4 is 15.4 Å². The van der Waals surface area contributed by atoms with E-state index in [-0.39, 0.29) is 0 Å². The Kier molecular flexibility index (Phi) is 4.88. The van der Waals surface area contributed by atoms with E-state index in [0.717, 1.165) is 17.1 Å². The molecule has 0 aliphatic heterocycles. The number of anilines is 4. The Morgan fingerprint density at radius 3 is 2.39 bits per heavy atom. The van der Waals surface area contributed by atoms with E-state index >= 15 is 0 Å². The minimum atomic E-state index is 0.428. The molecule has 0 aliphatic carbocycles. The fourth-order valence-electron chi connectivity index (χ4n) is 2.64. The zero-order chi connectivity index (χ0) is 19.3. The van der Waals surface area contributed by atoms with Gasteiger partial charge in [-0.05, 0) is 38.1 Å². The number of nitrogens with one attached hydrogen (secondary N) is 2. The number of hydrogen-bond acceptors (Lipinski definition) is 7. The van der Waals surface area contributed by atoms with Gasteiger partial charge in [-0.2, -0.15) is 4.98 Å². The van der Waals surface area contributed by atoms with Crippen LogP contribution in [0.15, 0.2) is 71.3 Å². The molecule has 0 bridgehead atoms. The van der Waals surface area contributed by atoms with Crippen molar-refractivity contribution in [2.45, 2.75) is 13.8 Å². The highest BCUT2D eigenvalue weighted by Crippen LogP contribution is 2.31. The van der Waals surface area contributed by atoms with E-state index in [1.54, 1.807) is 6.07 Å². The zero-order valence-corrected chi connectivity index (χ0v) is 15.5. The summed E-state index contributed by atoms with van der Waals surface area (Å²) in [5, 5.41) is 10.3. The minimum absolute atomic E-state index is 0.428. The molecule has 0 saturated heterocycles. The van der Waals surface area contributed by atoms with Gasteiger partial charge in [0.2, 0.25) is 5.95 Å². The Hall–Kier alpha value is -3.87. The molecular weight excluding hydrogens is 354 g/mol. The summed E-state index contributed by atoms with van der Waals surface area (Å²) >= 11 is 0. The van der Waals surface area contributed by atoms with Crippen LogP contribution in [0.4, 0.5) is 23.3 Å².